The maximum Gasteiger partial charge on any atom is 0.111 e. The van der Waals surface area contributed by atoms with Crippen molar-refractivity contribution in [2.45, 2.75) is 26.3 Å². The molecule has 0 saturated heterocycles. The molecule has 0 aliphatic heterocycles. The second-order valence-corrected chi connectivity index (χ2v) is 3.60. The van der Waals surface area contributed by atoms with Gasteiger partial charge >= 0.3 is 0 Å². The van der Waals surface area contributed by atoms with E-state index < -0.39 is 0 Å². The third-order valence-electron chi connectivity index (χ3n) is 1.97. The summed E-state index contributed by atoms with van der Waals surface area (Å²) >= 11 is 3.40. The Hall–Kier alpha value is -0.410. The van der Waals surface area contributed by atoms with Gasteiger partial charge in [0.05, 0.1) is 0 Å². The highest BCUT2D eigenvalue weighted by Gasteiger charge is 2.10. The molecule has 1 aromatic rings. The van der Waals surface area contributed by atoms with Crippen molar-refractivity contribution in [3.63, 3.8) is 0 Å². The van der Waals surface area contributed by atoms with Gasteiger partial charge in [0.2, 0.25) is 0 Å². The monoisotopic (exact) mass is 228 g/mol. The van der Waals surface area contributed by atoms with Crippen LogP contribution in [0.3, 0.4) is 0 Å². The molecule has 66 valence electrons. The van der Waals surface area contributed by atoms with E-state index in [1.165, 1.54) is 5.56 Å². The van der Waals surface area contributed by atoms with Crippen LogP contribution in [0.5, 0.6) is 0 Å². The fourth-order valence-corrected chi connectivity index (χ4v) is 1.91. The molecule has 0 saturated carbocycles. The first-order chi connectivity index (χ1) is 5.66. The first kappa shape index (κ1) is 9.68. The highest BCUT2D eigenvalue weighted by Crippen LogP contribution is 2.24. The minimum absolute atomic E-state index is 0.0908. The molecule has 2 nitrogen and oxygen atoms in total. The van der Waals surface area contributed by atoms with Crippen molar-refractivity contribution in [3.8, 4) is 0 Å². The third-order valence-corrected chi connectivity index (χ3v) is 2.60. The van der Waals surface area contributed by atoms with E-state index in [2.05, 4.69) is 34.8 Å². The van der Waals surface area contributed by atoms with Crippen LogP contribution in [0.1, 0.15) is 30.5 Å². The van der Waals surface area contributed by atoms with Crippen LogP contribution in [0.25, 0.3) is 0 Å². The van der Waals surface area contributed by atoms with E-state index in [0.717, 1.165) is 16.6 Å². The minimum atomic E-state index is 0.0908. The van der Waals surface area contributed by atoms with Crippen LogP contribution in [0.4, 0.5) is 0 Å². The van der Waals surface area contributed by atoms with Crippen molar-refractivity contribution in [3.05, 3.63) is 28.0 Å². The summed E-state index contributed by atoms with van der Waals surface area (Å²) in [4.78, 5) is 4.15. The van der Waals surface area contributed by atoms with Crippen molar-refractivity contribution in [2.24, 2.45) is 5.73 Å². The van der Waals surface area contributed by atoms with Gasteiger partial charge in [-0.15, -0.1) is 0 Å². The molecule has 1 atom stereocenters. The van der Waals surface area contributed by atoms with E-state index in [0.29, 0.717) is 0 Å². The number of hydrogen-bond donors (Lipinski definition) is 1. The van der Waals surface area contributed by atoms with Crippen molar-refractivity contribution in [1.82, 2.24) is 4.98 Å². The highest BCUT2D eigenvalue weighted by atomic mass is 79.9. The van der Waals surface area contributed by atoms with Gasteiger partial charge in [-0.1, -0.05) is 6.92 Å². The molecule has 1 aromatic heterocycles. The molecule has 3 heteroatoms. The molecule has 1 heterocycles. The van der Waals surface area contributed by atoms with Crippen molar-refractivity contribution in [2.75, 3.05) is 0 Å². The maximum atomic E-state index is 5.93. The first-order valence-corrected chi connectivity index (χ1v) is 4.82. The van der Waals surface area contributed by atoms with Gasteiger partial charge < -0.3 is 5.73 Å². The Balaban J connectivity index is 3.12. The Bertz CT molecular complexity index is 253. The lowest BCUT2D eigenvalue weighted by molar-refractivity contribution is 0.686. The smallest absolute Gasteiger partial charge is 0.111 e. The number of nitrogens with zero attached hydrogens (tertiary/aromatic N) is 1. The van der Waals surface area contributed by atoms with Gasteiger partial charge in [-0.05, 0) is 40.9 Å². The van der Waals surface area contributed by atoms with Crippen LogP contribution in [-0.4, -0.2) is 4.98 Å². The largest absolute Gasteiger partial charge is 0.324 e. The van der Waals surface area contributed by atoms with Gasteiger partial charge in [0.1, 0.15) is 4.60 Å². The Morgan fingerprint density at radius 3 is 2.83 bits per heavy atom. The Labute approximate surface area is 81.3 Å². The van der Waals surface area contributed by atoms with Crippen molar-refractivity contribution in [1.29, 1.82) is 0 Å². The van der Waals surface area contributed by atoms with Gasteiger partial charge in [0.15, 0.2) is 0 Å². The zero-order valence-electron chi connectivity index (χ0n) is 7.34. The number of hydrogen-bond acceptors (Lipinski definition) is 2. The van der Waals surface area contributed by atoms with Crippen molar-refractivity contribution < 1.29 is 0 Å². The van der Waals surface area contributed by atoms with Crippen LogP contribution < -0.4 is 5.73 Å². The fourth-order valence-electron chi connectivity index (χ4n) is 1.19. The quantitative estimate of drug-likeness (QED) is 0.791. The summed E-state index contributed by atoms with van der Waals surface area (Å²) in [6.45, 7) is 4.13. The summed E-state index contributed by atoms with van der Waals surface area (Å²) in [6.07, 6.45) is 2.72. The summed E-state index contributed by atoms with van der Waals surface area (Å²) in [5.41, 5.74) is 8.25. The normalized spacial score (nSPS) is 13.0. The highest BCUT2D eigenvalue weighted by molar-refractivity contribution is 9.10. The van der Waals surface area contributed by atoms with Crippen LogP contribution in [0.15, 0.2) is 16.9 Å². The van der Waals surface area contributed by atoms with Gasteiger partial charge in [-0.3, -0.25) is 0 Å². The molecule has 0 fully saturated rings. The molecule has 0 amide bonds. The predicted molar refractivity (Wildman–Crippen MR) is 53.9 cm³/mol. The molecule has 0 aliphatic rings. The van der Waals surface area contributed by atoms with Crippen LogP contribution in [-0.2, 0) is 0 Å². The van der Waals surface area contributed by atoms with E-state index in [-0.39, 0.29) is 6.04 Å². The van der Waals surface area contributed by atoms with Crippen LogP contribution >= 0.6 is 15.9 Å². The van der Waals surface area contributed by atoms with Gasteiger partial charge in [0, 0.05) is 17.8 Å². The summed E-state index contributed by atoms with van der Waals surface area (Å²) in [5, 5.41) is 0. The Morgan fingerprint density at radius 1 is 1.67 bits per heavy atom. The summed E-state index contributed by atoms with van der Waals surface area (Å²) in [6, 6.07) is 2.07. The molecular formula is C9H13BrN2. The molecule has 12 heavy (non-hydrogen) atoms. The Morgan fingerprint density at radius 2 is 2.33 bits per heavy atom. The SMILES string of the molecule is CC[C@@H](N)c1c(C)ccnc1Br. The average molecular weight is 229 g/mol. The molecule has 1 rings (SSSR count). The second kappa shape index (κ2) is 4.01. The van der Waals surface area contributed by atoms with Gasteiger partial charge in [0.25, 0.3) is 0 Å². The molecule has 0 spiro atoms. The topological polar surface area (TPSA) is 38.9 Å². The lowest BCUT2D eigenvalue weighted by atomic mass is 10.0. The standard InChI is InChI=1S/C9H13BrN2/c1-3-7(11)8-6(2)4-5-12-9(8)10/h4-5,7H,3,11H2,1-2H3/t7-/m1/s1. The maximum absolute atomic E-state index is 5.93. The Kier molecular flexibility index (Phi) is 3.23. The first-order valence-electron chi connectivity index (χ1n) is 4.03. The summed E-state index contributed by atoms with van der Waals surface area (Å²) < 4.78 is 0.872. The number of aromatic nitrogens is 1. The fraction of sp³-hybridized carbons (Fsp3) is 0.444. The average Bonchev–Trinajstić information content (AvgIpc) is 2.03. The summed E-state index contributed by atoms with van der Waals surface area (Å²) in [5.74, 6) is 0. The molecule has 0 bridgehead atoms. The van der Waals surface area contributed by atoms with Gasteiger partial charge in [-0.2, -0.15) is 0 Å². The van der Waals surface area contributed by atoms with E-state index in [9.17, 15) is 0 Å². The number of pyridine rings is 1. The molecule has 0 aliphatic carbocycles. The third kappa shape index (κ3) is 1.84. The molecule has 0 aromatic carbocycles. The second-order valence-electron chi connectivity index (χ2n) is 2.85. The zero-order chi connectivity index (χ0) is 9.14. The zero-order valence-corrected chi connectivity index (χ0v) is 8.93. The molecular weight excluding hydrogens is 216 g/mol. The summed E-state index contributed by atoms with van der Waals surface area (Å²) in [7, 11) is 0. The lowest BCUT2D eigenvalue weighted by Gasteiger charge is -2.13. The van der Waals surface area contributed by atoms with E-state index in [1.54, 1.807) is 6.20 Å². The van der Waals surface area contributed by atoms with E-state index >= 15 is 0 Å². The van der Waals surface area contributed by atoms with E-state index in [4.69, 9.17) is 5.73 Å². The number of nitrogens with two attached hydrogens (primary N) is 1. The van der Waals surface area contributed by atoms with Crippen LogP contribution in [0.2, 0.25) is 0 Å². The molecule has 0 radical (unpaired) electrons. The van der Waals surface area contributed by atoms with Gasteiger partial charge in [-0.25, -0.2) is 4.98 Å². The number of rotatable bonds is 2. The molecule has 0 unspecified atom stereocenters. The number of halogens is 1. The van der Waals surface area contributed by atoms with Crippen LogP contribution in [0, 0.1) is 6.92 Å². The number of aryl methyl sites for hydroxylation is 1. The van der Waals surface area contributed by atoms with Crippen molar-refractivity contribution >= 4 is 15.9 Å². The lowest BCUT2D eigenvalue weighted by Crippen LogP contribution is -2.11. The van der Waals surface area contributed by atoms with E-state index in [1.807, 2.05) is 6.07 Å². The molecule has 2 N–H and O–H groups in total. The predicted octanol–water partition coefficient (Wildman–Crippen LogP) is 2.56. The minimum Gasteiger partial charge on any atom is -0.324 e.